The number of esters is 1. The third kappa shape index (κ3) is 4.01. The lowest BCUT2D eigenvalue weighted by atomic mass is 9.88. The van der Waals surface area contributed by atoms with Crippen LogP contribution in [0.25, 0.3) is 0 Å². The number of thiazole rings is 1. The fourth-order valence-corrected chi connectivity index (χ4v) is 5.99. The lowest BCUT2D eigenvalue weighted by Crippen LogP contribution is -2.59. The van der Waals surface area contributed by atoms with Crippen LogP contribution in [0.5, 0.6) is 0 Å². The van der Waals surface area contributed by atoms with Crippen LogP contribution in [0.1, 0.15) is 33.9 Å². The third-order valence-electron chi connectivity index (χ3n) is 6.90. The van der Waals surface area contributed by atoms with Crippen LogP contribution >= 0.6 is 22.9 Å². The van der Waals surface area contributed by atoms with Crippen LogP contribution in [0.2, 0.25) is 5.02 Å². The number of carbonyl (C=O) groups is 1. The highest BCUT2D eigenvalue weighted by Crippen LogP contribution is 2.48. The van der Waals surface area contributed by atoms with Gasteiger partial charge in [-0.1, -0.05) is 17.7 Å². The lowest BCUT2D eigenvalue weighted by Gasteiger charge is -2.49. The molecule has 5 heterocycles. The Kier molecular flexibility index (Phi) is 6.25. The molecule has 3 atom stereocenters. The molecule has 6 rings (SSSR count). The van der Waals surface area contributed by atoms with Crippen molar-refractivity contribution in [3.05, 3.63) is 79.9 Å². The standard InChI is InChI=1S/C24H20ClF3N6O3S/c1-36-23(35)18-15(8-34-16-9-37-10-17(34)24(27,28)20-13(16)7-30-33-20)31-21(22-29-4-5-38-22)32-19(18)12-3-2-11(26)6-14(12)25/h2-7,16-17,19H,8-10H2,1H3,(H,30,33)(H,31,32)/t16?,17?,19-/m0/s1. The number of hydrogen-bond acceptors (Lipinski definition) is 9. The van der Waals surface area contributed by atoms with E-state index in [1.165, 1.54) is 36.8 Å². The number of hydrogen-bond donors (Lipinski definition) is 2. The highest BCUT2D eigenvalue weighted by Gasteiger charge is 2.56. The first-order chi connectivity index (χ1) is 18.3. The van der Waals surface area contributed by atoms with Crippen molar-refractivity contribution in [2.45, 2.75) is 24.0 Å². The quantitative estimate of drug-likeness (QED) is 0.455. The number of H-pyrrole nitrogens is 1. The normalized spacial score (nSPS) is 24.4. The molecule has 38 heavy (non-hydrogen) atoms. The van der Waals surface area contributed by atoms with Gasteiger partial charge >= 0.3 is 11.9 Å². The summed E-state index contributed by atoms with van der Waals surface area (Å²) < 4.78 is 55.6. The molecule has 0 aliphatic carbocycles. The smallest absolute Gasteiger partial charge is 0.338 e. The van der Waals surface area contributed by atoms with Crippen molar-refractivity contribution in [3.8, 4) is 0 Å². The first-order valence-corrected chi connectivity index (χ1v) is 12.8. The molecular weight excluding hydrogens is 545 g/mol. The summed E-state index contributed by atoms with van der Waals surface area (Å²) in [5.41, 5.74) is 0.815. The molecule has 0 radical (unpaired) electrons. The Hall–Kier alpha value is -3.26. The number of nitrogens with one attached hydrogen (secondary N) is 2. The van der Waals surface area contributed by atoms with E-state index in [-0.39, 0.29) is 36.0 Å². The predicted octanol–water partition coefficient (Wildman–Crippen LogP) is 3.72. The SMILES string of the molecule is COC(=O)C1=C(CN2C3COCC2C(F)(F)c2[nH]ncc23)NC(c2nccs2)=N[C@H]1c1ccc(F)cc1Cl. The van der Waals surface area contributed by atoms with Gasteiger partial charge in [-0.05, 0) is 12.1 Å². The summed E-state index contributed by atoms with van der Waals surface area (Å²) in [6, 6.07) is 0.912. The van der Waals surface area contributed by atoms with Crippen molar-refractivity contribution >= 4 is 34.7 Å². The van der Waals surface area contributed by atoms with Crippen molar-refractivity contribution in [2.75, 3.05) is 26.9 Å². The summed E-state index contributed by atoms with van der Waals surface area (Å²) in [6.07, 6.45) is 2.97. The van der Waals surface area contributed by atoms with Crippen molar-refractivity contribution in [1.29, 1.82) is 0 Å². The molecule has 0 saturated carbocycles. The van der Waals surface area contributed by atoms with Crippen LogP contribution in [-0.4, -0.2) is 64.8 Å². The van der Waals surface area contributed by atoms with Gasteiger partial charge in [-0.2, -0.15) is 13.9 Å². The van der Waals surface area contributed by atoms with E-state index in [0.717, 1.165) is 6.07 Å². The van der Waals surface area contributed by atoms with Gasteiger partial charge in [0.1, 0.15) is 23.6 Å². The molecular formula is C24H20ClF3N6O3S. The number of rotatable bonds is 5. The van der Waals surface area contributed by atoms with Crippen LogP contribution in [0.15, 0.2) is 52.2 Å². The maximum absolute atomic E-state index is 15.6. The van der Waals surface area contributed by atoms with E-state index in [2.05, 4.69) is 25.5 Å². The molecule has 14 heteroatoms. The van der Waals surface area contributed by atoms with Crippen LogP contribution < -0.4 is 5.32 Å². The number of morpholine rings is 1. The highest BCUT2D eigenvalue weighted by molar-refractivity contribution is 7.11. The van der Waals surface area contributed by atoms with Crippen molar-refractivity contribution in [1.82, 2.24) is 25.4 Å². The highest BCUT2D eigenvalue weighted by atomic mass is 35.5. The molecule has 0 spiro atoms. The minimum atomic E-state index is -3.28. The second-order valence-corrected chi connectivity index (χ2v) is 10.3. The third-order valence-corrected chi connectivity index (χ3v) is 8.00. The molecule has 3 aliphatic rings. The van der Waals surface area contributed by atoms with E-state index in [9.17, 15) is 9.18 Å². The Morgan fingerprint density at radius 1 is 1.34 bits per heavy atom. The minimum Gasteiger partial charge on any atom is -0.466 e. The number of fused-ring (bicyclic) bond motifs is 4. The Bertz CT molecular complexity index is 1460. The van der Waals surface area contributed by atoms with Crippen LogP contribution in [0.3, 0.4) is 0 Å². The van der Waals surface area contributed by atoms with E-state index in [0.29, 0.717) is 27.7 Å². The predicted molar refractivity (Wildman–Crippen MR) is 132 cm³/mol. The van der Waals surface area contributed by atoms with Crippen LogP contribution in [-0.2, 0) is 20.2 Å². The number of aromatic nitrogens is 3. The maximum Gasteiger partial charge on any atom is 0.338 e. The fraction of sp³-hybridized carbons (Fsp3) is 0.333. The van der Waals surface area contributed by atoms with Gasteiger partial charge < -0.3 is 14.8 Å². The summed E-state index contributed by atoms with van der Waals surface area (Å²) in [5.74, 6) is -4.24. The number of amidine groups is 1. The van der Waals surface area contributed by atoms with E-state index in [4.69, 9.17) is 21.1 Å². The van der Waals surface area contributed by atoms with E-state index in [1.807, 2.05) is 0 Å². The molecule has 3 aromatic rings. The number of halogens is 4. The lowest BCUT2D eigenvalue weighted by molar-refractivity contribution is -0.175. The molecule has 0 amide bonds. The number of nitrogens with zero attached hydrogens (tertiary/aromatic N) is 4. The van der Waals surface area contributed by atoms with E-state index < -0.39 is 35.8 Å². The van der Waals surface area contributed by atoms with Gasteiger partial charge in [0.15, 0.2) is 10.8 Å². The maximum atomic E-state index is 15.6. The molecule has 1 saturated heterocycles. The number of carbonyl (C=O) groups excluding carboxylic acids is 1. The van der Waals surface area contributed by atoms with Crippen LogP contribution in [0.4, 0.5) is 13.2 Å². The number of aliphatic imine (C=N–C) groups is 1. The summed E-state index contributed by atoms with van der Waals surface area (Å²) in [4.78, 5) is 23.8. The fourth-order valence-electron chi connectivity index (χ4n) is 5.13. The molecule has 2 unspecified atom stereocenters. The summed E-state index contributed by atoms with van der Waals surface area (Å²) in [5, 5.41) is 11.8. The topological polar surface area (TPSA) is 105 Å². The Labute approximate surface area is 223 Å². The number of methoxy groups -OCH3 is 1. The zero-order chi connectivity index (χ0) is 26.6. The summed E-state index contributed by atoms with van der Waals surface area (Å²) in [7, 11) is 1.21. The van der Waals surface area contributed by atoms with Gasteiger partial charge in [0, 0.05) is 40.0 Å². The van der Waals surface area contributed by atoms with Crippen molar-refractivity contribution in [3.63, 3.8) is 0 Å². The monoisotopic (exact) mass is 564 g/mol. The second-order valence-electron chi connectivity index (χ2n) is 8.96. The van der Waals surface area contributed by atoms with E-state index >= 15 is 8.78 Å². The molecule has 198 valence electrons. The number of benzene rings is 1. The van der Waals surface area contributed by atoms with Gasteiger partial charge in [-0.15, -0.1) is 11.3 Å². The molecule has 2 aromatic heterocycles. The van der Waals surface area contributed by atoms with Gasteiger partial charge in [0.25, 0.3) is 0 Å². The zero-order valence-corrected chi connectivity index (χ0v) is 21.3. The molecule has 3 aliphatic heterocycles. The zero-order valence-electron chi connectivity index (χ0n) is 19.8. The molecule has 1 fully saturated rings. The van der Waals surface area contributed by atoms with Crippen molar-refractivity contribution in [2.24, 2.45) is 4.99 Å². The molecule has 2 N–H and O–H groups in total. The number of alkyl halides is 2. The molecule has 2 bridgehead atoms. The first-order valence-electron chi connectivity index (χ1n) is 11.6. The van der Waals surface area contributed by atoms with Gasteiger partial charge in [0.2, 0.25) is 0 Å². The Morgan fingerprint density at radius 3 is 2.92 bits per heavy atom. The van der Waals surface area contributed by atoms with Crippen molar-refractivity contribution < 1.29 is 27.4 Å². The Morgan fingerprint density at radius 2 is 2.18 bits per heavy atom. The Balaban J connectivity index is 1.49. The molecule has 9 nitrogen and oxygen atoms in total. The average molecular weight is 565 g/mol. The van der Waals surface area contributed by atoms with E-state index in [1.54, 1.807) is 16.5 Å². The molecule has 1 aromatic carbocycles. The van der Waals surface area contributed by atoms with Crippen LogP contribution in [0, 0.1) is 5.82 Å². The first kappa shape index (κ1) is 25.0. The van der Waals surface area contributed by atoms with Gasteiger partial charge in [-0.3, -0.25) is 15.0 Å². The second kappa shape index (κ2) is 9.49. The van der Waals surface area contributed by atoms with Gasteiger partial charge in [-0.25, -0.2) is 14.2 Å². The summed E-state index contributed by atoms with van der Waals surface area (Å²) in [6.45, 7) is -0.146. The average Bonchev–Trinajstić information content (AvgIpc) is 3.60. The number of ether oxygens (including phenoxy) is 2. The minimum absolute atomic E-state index is 0.0534. The van der Waals surface area contributed by atoms with Gasteiger partial charge in [0.05, 0.1) is 38.1 Å². The number of aromatic amines is 1. The largest absolute Gasteiger partial charge is 0.466 e. The summed E-state index contributed by atoms with van der Waals surface area (Å²) >= 11 is 7.70.